The molecule has 0 radical (unpaired) electrons. The van der Waals surface area contributed by atoms with Gasteiger partial charge in [0.1, 0.15) is 5.82 Å². The summed E-state index contributed by atoms with van der Waals surface area (Å²) in [4.78, 5) is 32.1. The summed E-state index contributed by atoms with van der Waals surface area (Å²) in [6.45, 7) is 4.11. The van der Waals surface area contributed by atoms with Crippen molar-refractivity contribution in [2.75, 3.05) is 24.5 Å². The number of fused-ring (bicyclic) bond motifs is 1. The van der Waals surface area contributed by atoms with Gasteiger partial charge in [-0.1, -0.05) is 45.7 Å². The molecule has 1 unspecified atom stereocenters. The lowest BCUT2D eigenvalue weighted by Gasteiger charge is -2.30. The highest BCUT2D eigenvalue weighted by Crippen LogP contribution is 2.32. The number of benzene rings is 2. The number of anilines is 1. The molecule has 2 heterocycles. The average Bonchev–Trinajstić information content (AvgIpc) is 2.84. The average molecular weight is 559 g/mol. The van der Waals surface area contributed by atoms with Crippen LogP contribution in [0.2, 0.25) is 5.02 Å². The van der Waals surface area contributed by atoms with Crippen LogP contribution in [0.3, 0.4) is 0 Å². The molecule has 2 aromatic carbocycles. The molecule has 8 heteroatoms. The van der Waals surface area contributed by atoms with Crippen molar-refractivity contribution in [3.8, 4) is 0 Å². The number of carboxylic acid groups (broad SMARTS) is 1. The Kier molecular flexibility index (Phi) is 8.29. The molecule has 0 bridgehead atoms. The third kappa shape index (κ3) is 5.96. The van der Waals surface area contributed by atoms with E-state index in [9.17, 15) is 14.7 Å². The summed E-state index contributed by atoms with van der Waals surface area (Å²) in [7, 11) is 0. The molecule has 0 spiro atoms. The Morgan fingerprint density at radius 2 is 1.91 bits per heavy atom. The quantitative estimate of drug-likeness (QED) is 0.338. The maximum atomic E-state index is 13.7. The van der Waals surface area contributed by atoms with E-state index >= 15 is 0 Å². The molecule has 4 rings (SSSR count). The van der Waals surface area contributed by atoms with Gasteiger partial charge in [-0.25, -0.2) is 4.98 Å². The normalized spacial score (nSPS) is 14.7. The van der Waals surface area contributed by atoms with Crippen LogP contribution >= 0.6 is 27.5 Å². The van der Waals surface area contributed by atoms with Gasteiger partial charge in [-0.15, -0.1) is 0 Å². The van der Waals surface area contributed by atoms with Crippen LogP contribution in [0.5, 0.6) is 0 Å². The highest BCUT2D eigenvalue weighted by atomic mass is 79.9. The summed E-state index contributed by atoms with van der Waals surface area (Å²) in [5.41, 5.74) is 3.07. The monoisotopic (exact) mass is 557 g/mol. The van der Waals surface area contributed by atoms with Gasteiger partial charge in [0.05, 0.1) is 11.1 Å². The van der Waals surface area contributed by atoms with Crippen molar-refractivity contribution in [3.63, 3.8) is 0 Å². The lowest BCUT2D eigenvalue weighted by atomic mass is 9.93. The van der Waals surface area contributed by atoms with Gasteiger partial charge in [-0.2, -0.15) is 0 Å². The number of rotatable bonds is 8. The van der Waals surface area contributed by atoms with Gasteiger partial charge in [-0.3, -0.25) is 9.59 Å². The molecule has 3 aromatic rings. The van der Waals surface area contributed by atoms with Crippen LogP contribution in [0.1, 0.15) is 59.5 Å². The molecule has 1 aliphatic rings. The molecule has 1 aromatic heterocycles. The molecule has 0 saturated carbocycles. The maximum absolute atomic E-state index is 13.7. The Morgan fingerprint density at radius 1 is 1.17 bits per heavy atom. The summed E-state index contributed by atoms with van der Waals surface area (Å²) < 4.78 is 0.876. The van der Waals surface area contributed by atoms with Crippen LogP contribution in [0.25, 0.3) is 10.9 Å². The van der Waals surface area contributed by atoms with Crippen molar-refractivity contribution in [2.45, 2.75) is 44.9 Å². The smallest absolute Gasteiger partial charge is 0.303 e. The predicted molar refractivity (Wildman–Crippen MR) is 144 cm³/mol. The molecule has 1 saturated heterocycles. The van der Waals surface area contributed by atoms with Crippen molar-refractivity contribution in [1.29, 1.82) is 0 Å². The third-order valence-corrected chi connectivity index (χ3v) is 7.45. The van der Waals surface area contributed by atoms with Crippen LogP contribution < -0.4 is 10.2 Å². The van der Waals surface area contributed by atoms with Crippen molar-refractivity contribution in [2.24, 2.45) is 0 Å². The number of piperidine rings is 1. The highest BCUT2D eigenvalue weighted by molar-refractivity contribution is 9.10. The van der Waals surface area contributed by atoms with E-state index in [-0.39, 0.29) is 24.8 Å². The van der Waals surface area contributed by atoms with Crippen molar-refractivity contribution < 1.29 is 14.7 Å². The maximum Gasteiger partial charge on any atom is 0.303 e. The molecule has 1 fully saturated rings. The molecule has 184 valence electrons. The Hall–Kier alpha value is -2.64. The zero-order valence-electron chi connectivity index (χ0n) is 19.7. The molecule has 35 heavy (non-hydrogen) atoms. The lowest BCUT2D eigenvalue weighted by Crippen LogP contribution is -2.33. The van der Waals surface area contributed by atoms with Gasteiger partial charge in [-0.05, 0) is 62.4 Å². The summed E-state index contributed by atoms with van der Waals surface area (Å²) in [6, 6.07) is 13.2. The third-order valence-electron chi connectivity index (χ3n) is 6.61. The van der Waals surface area contributed by atoms with E-state index in [1.807, 2.05) is 43.3 Å². The van der Waals surface area contributed by atoms with Gasteiger partial charge < -0.3 is 15.3 Å². The molecule has 0 aliphatic carbocycles. The first kappa shape index (κ1) is 25.5. The standard InChI is InChI=1S/C27H29BrClN3O3/c1-17-25(21-15-19(28)10-11-23(21)31-26(17)32-13-5-2-6-14-32)27(35)30-16-18(9-12-24(33)34)20-7-3-4-8-22(20)29/h3-4,7-8,10-11,15,18H,2,5-6,9,12-14,16H2,1H3,(H,30,35)(H,33,34). The van der Waals surface area contributed by atoms with E-state index in [1.165, 1.54) is 6.42 Å². The number of hydrogen-bond donors (Lipinski definition) is 2. The van der Waals surface area contributed by atoms with E-state index in [0.717, 1.165) is 58.3 Å². The minimum Gasteiger partial charge on any atom is -0.481 e. The zero-order valence-corrected chi connectivity index (χ0v) is 22.0. The number of nitrogens with zero attached hydrogens (tertiary/aromatic N) is 2. The fourth-order valence-electron chi connectivity index (χ4n) is 4.80. The number of carbonyl (C=O) groups excluding carboxylic acids is 1. The Bertz CT molecular complexity index is 1240. The highest BCUT2D eigenvalue weighted by Gasteiger charge is 2.24. The SMILES string of the molecule is Cc1c(N2CCCCC2)nc2ccc(Br)cc2c1C(=O)NCC(CCC(=O)O)c1ccccc1Cl. The van der Waals surface area contributed by atoms with E-state index in [1.54, 1.807) is 6.07 Å². The summed E-state index contributed by atoms with van der Waals surface area (Å²) in [5.74, 6) is -0.428. The fraction of sp³-hybridized carbons (Fsp3) is 0.370. The van der Waals surface area contributed by atoms with E-state index in [2.05, 4.69) is 26.1 Å². The Balaban J connectivity index is 1.67. The molecule has 6 nitrogen and oxygen atoms in total. The topological polar surface area (TPSA) is 82.5 Å². The Morgan fingerprint density at radius 3 is 2.63 bits per heavy atom. The zero-order chi connectivity index (χ0) is 24.9. The van der Waals surface area contributed by atoms with Crippen molar-refractivity contribution in [3.05, 3.63) is 68.7 Å². The molecular weight excluding hydrogens is 530 g/mol. The number of amides is 1. The van der Waals surface area contributed by atoms with Gasteiger partial charge >= 0.3 is 5.97 Å². The fourth-order valence-corrected chi connectivity index (χ4v) is 5.45. The number of aromatic nitrogens is 1. The first-order valence-corrected chi connectivity index (χ1v) is 13.1. The van der Waals surface area contributed by atoms with E-state index in [4.69, 9.17) is 16.6 Å². The molecule has 1 amide bonds. The van der Waals surface area contributed by atoms with Crippen LogP contribution in [0.4, 0.5) is 5.82 Å². The number of pyridine rings is 1. The summed E-state index contributed by atoms with van der Waals surface area (Å²) >= 11 is 9.95. The number of aliphatic carboxylic acids is 1. The molecule has 1 aliphatic heterocycles. The minimum atomic E-state index is -0.875. The van der Waals surface area contributed by atoms with Gasteiger partial charge in [0.15, 0.2) is 0 Å². The van der Waals surface area contributed by atoms with Crippen LogP contribution in [-0.4, -0.2) is 41.6 Å². The predicted octanol–water partition coefficient (Wildman–Crippen LogP) is 6.33. The van der Waals surface area contributed by atoms with Crippen LogP contribution in [0.15, 0.2) is 46.9 Å². The summed E-state index contributed by atoms with van der Waals surface area (Å²) in [5, 5.41) is 13.7. The number of carbonyl (C=O) groups is 2. The largest absolute Gasteiger partial charge is 0.481 e. The number of halogens is 2. The van der Waals surface area contributed by atoms with E-state index in [0.29, 0.717) is 17.0 Å². The first-order valence-electron chi connectivity index (χ1n) is 11.9. The lowest BCUT2D eigenvalue weighted by molar-refractivity contribution is -0.137. The van der Waals surface area contributed by atoms with Gasteiger partial charge in [0.2, 0.25) is 0 Å². The number of hydrogen-bond acceptors (Lipinski definition) is 4. The number of nitrogens with one attached hydrogen (secondary N) is 1. The minimum absolute atomic E-state index is 0.00493. The van der Waals surface area contributed by atoms with E-state index < -0.39 is 5.97 Å². The Labute approximate surface area is 218 Å². The molecular formula is C27H29BrClN3O3. The van der Waals surface area contributed by atoms with Crippen LogP contribution in [-0.2, 0) is 4.79 Å². The van der Waals surface area contributed by atoms with Crippen molar-refractivity contribution >= 4 is 56.1 Å². The number of carboxylic acids is 1. The van der Waals surface area contributed by atoms with Crippen molar-refractivity contribution in [1.82, 2.24) is 10.3 Å². The molecule has 2 N–H and O–H groups in total. The van der Waals surface area contributed by atoms with Gasteiger partial charge in [0, 0.05) is 52.4 Å². The second kappa shape index (κ2) is 11.4. The van der Waals surface area contributed by atoms with Gasteiger partial charge in [0.25, 0.3) is 5.91 Å². The summed E-state index contributed by atoms with van der Waals surface area (Å²) in [6.07, 6.45) is 3.81. The van der Waals surface area contributed by atoms with Crippen LogP contribution in [0, 0.1) is 6.92 Å². The molecule has 1 atom stereocenters. The first-order chi connectivity index (χ1) is 16.8. The second-order valence-electron chi connectivity index (χ2n) is 9.01. The second-order valence-corrected chi connectivity index (χ2v) is 10.3.